The summed E-state index contributed by atoms with van der Waals surface area (Å²) in [6, 6.07) is 6.05. The molecule has 1 aromatic carbocycles. The van der Waals surface area contributed by atoms with Gasteiger partial charge in [-0.3, -0.25) is 9.89 Å². The van der Waals surface area contributed by atoms with Crippen molar-refractivity contribution in [3.05, 3.63) is 23.8 Å². The zero-order valence-electron chi connectivity index (χ0n) is 19.3. The van der Waals surface area contributed by atoms with Gasteiger partial charge in [0.2, 0.25) is 0 Å². The molecule has 1 atom stereocenters. The van der Waals surface area contributed by atoms with Gasteiger partial charge in [-0.25, -0.2) is 0 Å². The van der Waals surface area contributed by atoms with Gasteiger partial charge >= 0.3 is 0 Å². The van der Waals surface area contributed by atoms with E-state index < -0.39 is 0 Å². The van der Waals surface area contributed by atoms with Crippen molar-refractivity contribution in [3.63, 3.8) is 0 Å². The molecule has 1 saturated heterocycles. The van der Waals surface area contributed by atoms with E-state index in [1.54, 1.807) is 14.2 Å². The number of hydrogen-bond donors (Lipinski definition) is 1. The summed E-state index contributed by atoms with van der Waals surface area (Å²) in [5, 5.41) is 3.47. The molecule has 0 radical (unpaired) electrons. The number of halogens is 1. The number of nitrogens with one attached hydrogen (secondary N) is 1. The fourth-order valence-electron chi connectivity index (χ4n) is 3.61. The van der Waals surface area contributed by atoms with Crippen LogP contribution in [0.2, 0.25) is 0 Å². The Hall–Kier alpha value is -1.26. The molecule has 7 nitrogen and oxygen atoms in total. The molecule has 0 saturated carbocycles. The maximum Gasteiger partial charge on any atom is 0.193 e. The summed E-state index contributed by atoms with van der Waals surface area (Å²) in [7, 11) is 7.19. The number of ether oxygens (including phenoxy) is 3. The topological polar surface area (TPSA) is 58.6 Å². The van der Waals surface area contributed by atoms with Crippen LogP contribution in [-0.4, -0.2) is 89.5 Å². The molecule has 1 fully saturated rings. The normalized spacial score (nSPS) is 17.4. The van der Waals surface area contributed by atoms with Crippen molar-refractivity contribution in [2.24, 2.45) is 10.9 Å². The number of hydrogen-bond acceptors (Lipinski definition) is 5. The molecule has 1 unspecified atom stereocenters. The molecule has 1 N–H and O–H groups in total. The number of guanidine groups is 1. The maximum atomic E-state index is 5.94. The van der Waals surface area contributed by atoms with Crippen molar-refractivity contribution >= 4 is 29.9 Å². The van der Waals surface area contributed by atoms with E-state index in [2.05, 4.69) is 47.1 Å². The van der Waals surface area contributed by atoms with Gasteiger partial charge in [-0.1, -0.05) is 19.9 Å². The number of aliphatic imine (C=N–C) groups is 1. The van der Waals surface area contributed by atoms with Crippen LogP contribution in [0.15, 0.2) is 23.2 Å². The highest BCUT2D eigenvalue weighted by Crippen LogP contribution is 2.27. The largest absolute Gasteiger partial charge is 0.493 e. The number of likely N-dealkylation sites (N-methyl/N-ethyl adjacent to an activating group) is 1. The van der Waals surface area contributed by atoms with Crippen LogP contribution >= 0.6 is 24.0 Å². The SMILES string of the molecule is CN=C(NCC1CN(CC(C)C)CCO1)N(C)CCc1ccc(OC)c(OC)c1.I. The van der Waals surface area contributed by atoms with Gasteiger partial charge in [0, 0.05) is 46.8 Å². The van der Waals surface area contributed by atoms with Gasteiger partial charge in [0.15, 0.2) is 17.5 Å². The molecule has 0 amide bonds. The van der Waals surface area contributed by atoms with Crippen molar-refractivity contribution in [2.45, 2.75) is 26.4 Å². The van der Waals surface area contributed by atoms with Crippen LogP contribution in [0.25, 0.3) is 0 Å². The Morgan fingerprint density at radius 2 is 2.03 bits per heavy atom. The van der Waals surface area contributed by atoms with Crippen LogP contribution in [-0.2, 0) is 11.2 Å². The summed E-state index contributed by atoms with van der Waals surface area (Å²) in [5.41, 5.74) is 1.20. The summed E-state index contributed by atoms with van der Waals surface area (Å²) in [5.74, 6) is 3.07. The summed E-state index contributed by atoms with van der Waals surface area (Å²) in [6.07, 6.45) is 1.08. The Morgan fingerprint density at radius 1 is 1.30 bits per heavy atom. The van der Waals surface area contributed by atoms with Crippen molar-refractivity contribution in [1.82, 2.24) is 15.1 Å². The summed E-state index contributed by atoms with van der Waals surface area (Å²) < 4.78 is 16.6. The molecule has 1 heterocycles. The van der Waals surface area contributed by atoms with Gasteiger partial charge in [0.25, 0.3) is 0 Å². The molecule has 1 aliphatic rings. The van der Waals surface area contributed by atoms with Crippen molar-refractivity contribution < 1.29 is 14.2 Å². The molecule has 0 aromatic heterocycles. The first kappa shape index (κ1) is 26.8. The van der Waals surface area contributed by atoms with E-state index in [0.29, 0.717) is 5.92 Å². The zero-order chi connectivity index (χ0) is 21.2. The van der Waals surface area contributed by atoms with Gasteiger partial charge in [-0.2, -0.15) is 0 Å². The van der Waals surface area contributed by atoms with Crippen molar-refractivity contribution in [2.75, 3.05) is 67.6 Å². The van der Waals surface area contributed by atoms with E-state index in [1.165, 1.54) is 5.56 Å². The minimum Gasteiger partial charge on any atom is -0.493 e. The first-order valence-electron chi connectivity index (χ1n) is 10.4. The van der Waals surface area contributed by atoms with Gasteiger partial charge in [0.1, 0.15) is 0 Å². The molecule has 8 heteroatoms. The summed E-state index contributed by atoms with van der Waals surface area (Å²) >= 11 is 0. The second-order valence-electron chi connectivity index (χ2n) is 7.94. The van der Waals surface area contributed by atoms with E-state index >= 15 is 0 Å². The van der Waals surface area contributed by atoms with Crippen molar-refractivity contribution in [3.8, 4) is 11.5 Å². The third-order valence-corrected chi connectivity index (χ3v) is 5.09. The minimum absolute atomic E-state index is 0. The van der Waals surface area contributed by atoms with Gasteiger partial charge in [0.05, 0.1) is 26.9 Å². The van der Waals surface area contributed by atoms with Crippen LogP contribution in [0.4, 0.5) is 0 Å². The van der Waals surface area contributed by atoms with Crippen LogP contribution in [0.3, 0.4) is 0 Å². The van der Waals surface area contributed by atoms with Crippen LogP contribution in [0.5, 0.6) is 11.5 Å². The average molecular weight is 534 g/mol. The van der Waals surface area contributed by atoms with Gasteiger partial charge in [-0.15, -0.1) is 24.0 Å². The molecular weight excluding hydrogens is 495 g/mol. The molecule has 0 aliphatic carbocycles. The van der Waals surface area contributed by atoms with Crippen molar-refractivity contribution in [1.29, 1.82) is 0 Å². The molecule has 172 valence electrons. The highest BCUT2D eigenvalue weighted by molar-refractivity contribution is 14.0. The fraction of sp³-hybridized carbons (Fsp3) is 0.682. The lowest BCUT2D eigenvalue weighted by molar-refractivity contribution is -0.0286. The van der Waals surface area contributed by atoms with E-state index in [9.17, 15) is 0 Å². The quantitative estimate of drug-likeness (QED) is 0.299. The second-order valence-corrected chi connectivity index (χ2v) is 7.94. The molecular formula is C22H39IN4O3. The third kappa shape index (κ3) is 8.47. The number of benzene rings is 1. The average Bonchev–Trinajstić information content (AvgIpc) is 2.72. The Balaban J connectivity index is 0.00000450. The number of methoxy groups -OCH3 is 2. The molecule has 30 heavy (non-hydrogen) atoms. The second kappa shape index (κ2) is 13.9. The maximum absolute atomic E-state index is 5.94. The zero-order valence-corrected chi connectivity index (χ0v) is 21.6. The number of nitrogens with zero attached hydrogens (tertiary/aromatic N) is 3. The Morgan fingerprint density at radius 3 is 2.67 bits per heavy atom. The van der Waals surface area contributed by atoms with Crippen LogP contribution < -0.4 is 14.8 Å². The minimum atomic E-state index is 0. The molecule has 2 rings (SSSR count). The standard InChI is InChI=1S/C22H38N4O3.HI/c1-17(2)15-26-11-12-29-19(16-26)14-24-22(23-3)25(4)10-9-18-7-8-20(27-5)21(13-18)28-6;/h7-8,13,17,19H,9-12,14-16H2,1-6H3,(H,23,24);1H. The summed E-state index contributed by atoms with van der Waals surface area (Å²) in [6.45, 7) is 10.1. The predicted molar refractivity (Wildman–Crippen MR) is 134 cm³/mol. The molecule has 1 aliphatic heterocycles. The van der Waals surface area contributed by atoms with E-state index in [0.717, 1.165) is 63.2 Å². The lowest BCUT2D eigenvalue weighted by Crippen LogP contribution is -2.50. The molecule has 0 spiro atoms. The Bertz CT molecular complexity index is 657. The van der Waals surface area contributed by atoms with Crippen LogP contribution in [0, 0.1) is 5.92 Å². The van der Waals surface area contributed by atoms with Gasteiger partial charge in [-0.05, 0) is 30.0 Å². The third-order valence-electron chi connectivity index (χ3n) is 5.09. The van der Waals surface area contributed by atoms with Gasteiger partial charge < -0.3 is 24.4 Å². The number of rotatable bonds is 9. The fourth-order valence-corrected chi connectivity index (χ4v) is 3.61. The Kier molecular flexibility index (Phi) is 12.4. The first-order valence-corrected chi connectivity index (χ1v) is 10.4. The van der Waals surface area contributed by atoms with E-state index in [-0.39, 0.29) is 30.1 Å². The monoisotopic (exact) mass is 534 g/mol. The van der Waals surface area contributed by atoms with E-state index in [1.807, 2.05) is 19.2 Å². The number of morpholine rings is 1. The lowest BCUT2D eigenvalue weighted by Gasteiger charge is -2.34. The highest BCUT2D eigenvalue weighted by atomic mass is 127. The molecule has 1 aromatic rings. The smallest absolute Gasteiger partial charge is 0.193 e. The first-order chi connectivity index (χ1) is 14.0. The Labute approximate surface area is 199 Å². The summed E-state index contributed by atoms with van der Waals surface area (Å²) in [4.78, 5) is 9.07. The van der Waals surface area contributed by atoms with E-state index in [4.69, 9.17) is 14.2 Å². The van der Waals surface area contributed by atoms with Crippen LogP contribution in [0.1, 0.15) is 19.4 Å². The lowest BCUT2D eigenvalue weighted by atomic mass is 10.1. The predicted octanol–water partition coefficient (Wildman–Crippen LogP) is 2.73. The molecule has 0 bridgehead atoms. The highest BCUT2D eigenvalue weighted by Gasteiger charge is 2.21.